The van der Waals surface area contributed by atoms with Gasteiger partial charge in [-0.05, 0) is 78.8 Å². The zero-order valence-corrected chi connectivity index (χ0v) is 20.5. The number of allylic oxidation sites excluding steroid dienone is 2. The molecular weight excluding hydrogens is 483 g/mol. The van der Waals surface area contributed by atoms with E-state index in [-0.39, 0.29) is 18.7 Å². The van der Waals surface area contributed by atoms with Gasteiger partial charge >= 0.3 is 6.18 Å². The van der Waals surface area contributed by atoms with Crippen molar-refractivity contribution in [3.63, 3.8) is 0 Å². The van der Waals surface area contributed by atoms with Gasteiger partial charge in [-0.3, -0.25) is 0 Å². The topological polar surface area (TPSA) is 25.8 Å². The number of aryl methyl sites for hydroxylation is 5. The Hall–Kier alpha value is -3.61. The second-order valence-corrected chi connectivity index (χ2v) is 9.02. The second kappa shape index (κ2) is 11.6. The molecule has 0 aliphatic carbocycles. The number of aromatic nitrogens is 2. The van der Waals surface area contributed by atoms with Crippen LogP contribution in [0.4, 0.5) is 22.0 Å². The highest BCUT2D eigenvalue weighted by Crippen LogP contribution is 2.32. The summed E-state index contributed by atoms with van der Waals surface area (Å²) in [7, 11) is 0. The Bertz CT molecular complexity index is 1390. The summed E-state index contributed by atoms with van der Waals surface area (Å²) in [5.41, 5.74) is 1.66. The number of halogens is 5. The van der Waals surface area contributed by atoms with Crippen molar-refractivity contribution in [2.75, 3.05) is 0 Å². The van der Waals surface area contributed by atoms with Crippen molar-refractivity contribution >= 4 is 10.8 Å². The Morgan fingerprint density at radius 3 is 2.16 bits per heavy atom. The zero-order chi connectivity index (χ0) is 26.4. The van der Waals surface area contributed by atoms with E-state index in [0.29, 0.717) is 22.9 Å². The summed E-state index contributed by atoms with van der Waals surface area (Å²) in [6.07, 6.45) is 6.85. The highest BCUT2D eigenvalue weighted by molar-refractivity contribution is 5.84. The van der Waals surface area contributed by atoms with E-state index in [4.69, 9.17) is 0 Å². The number of hydrogen-bond donors (Lipinski definition) is 0. The molecule has 0 spiro atoms. The van der Waals surface area contributed by atoms with E-state index >= 15 is 4.39 Å². The van der Waals surface area contributed by atoms with Crippen LogP contribution in [0.1, 0.15) is 47.0 Å². The molecule has 2 nitrogen and oxygen atoms in total. The summed E-state index contributed by atoms with van der Waals surface area (Å²) in [5.74, 6) is -0.924. The smallest absolute Gasteiger partial charge is 0.241 e. The van der Waals surface area contributed by atoms with Crippen LogP contribution in [0.15, 0.2) is 73.1 Å². The van der Waals surface area contributed by atoms with Gasteiger partial charge in [0.2, 0.25) is 0 Å². The summed E-state index contributed by atoms with van der Waals surface area (Å²) < 4.78 is 67.3. The van der Waals surface area contributed by atoms with E-state index in [9.17, 15) is 17.6 Å². The molecule has 0 bridgehead atoms. The average Bonchev–Trinajstić information content (AvgIpc) is 2.87. The summed E-state index contributed by atoms with van der Waals surface area (Å²) in [6.45, 7) is 2.00. The van der Waals surface area contributed by atoms with Crippen molar-refractivity contribution in [3.8, 4) is 0 Å². The lowest BCUT2D eigenvalue weighted by Crippen LogP contribution is -2.08. The molecule has 0 unspecified atom stereocenters. The van der Waals surface area contributed by atoms with Gasteiger partial charge in [-0.15, -0.1) is 0 Å². The van der Waals surface area contributed by atoms with Gasteiger partial charge in [0.1, 0.15) is 17.5 Å². The first kappa shape index (κ1) is 26.5. The van der Waals surface area contributed by atoms with Crippen LogP contribution in [0.3, 0.4) is 0 Å². The summed E-state index contributed by atoms with van der Waals surface area (Å²) in [6, 6.07) is 11.9. The van der Waals surface area contributed by atoms with Gasteiger partial charge in [-0.1, -0.05) is 48.6 Å². The van der Waals surface area contributed by atoms with Crippen molar-refractivity contribution in [1.82, 2.24) is 9.97 Å². The molecule has 0 aliphatic heterocycles. The number of alkyl halides is 3. The molecule has 1 aromatic heterocycles. The van der Waals surface area contributed by atoms with E-state index in [1.54, 1.807) is 12.1 Å². The molecule has 0 saturated carbocycles. The maximum atomic E-state index is 15.2. The highest BCUT2D eigenvalue weighted by Gasteiger charge is 2.33. The van der Waals surface area contributed by atoms with Gasteiger partial charge in [0.25, 0.3) is 0 Å². The van der Waals surface area contributed by atoms with E-state index in [2.05, 4.69) is 16.0 Å². The number of benzene rings is 3. The van der Waals surface area contributed by atoms with Crippen LogP contribution in [0.2, 0.25) is 0 Å². The largest absolute Gasteiger partial charge is 0.419 e. The van der Waals surface area contributed by atoms with Gasteiger partial charge in [0, 0.05) is 24.2 Å². The van der Waals surface area contributed by atoms with Crippen LogP contribution in [0.25, 0.3) is 10.8 Å². The third kappa shape index (κ3) is 6.79. The number of fused-ring (bicyclic) bond motifs is 1. The predicted octanol–water partition coefficient (Wildman–Crippen LogP) is 8.01. The van der Waals surface area contributed by atoms with Gasteiger partial charge < -0.3 is 0 Å². The molecule has 0 fully saturated rings. The SMILES string of the molecule is C/C=C/CCc1cnc(CCc2ccc3c(F)c(CCc4ccc(C(F)(F)F)c(F)c4)ccc3c2)nc1. The number of nitrogens with zero attached hydrogens (tertiary/aromatic N) is 2. The molecule has 0 amide bonds. The van der Waals surface area contributed by atoms with E-state index in [1.807, 2.05) is 43.6 Å². The lowest BCUT2D eigenvalue weighted by atomic mass is 9.97. The minimum atomic E-state index is -4.74. The molecule has 7 heteroatoms. The summed E-state index contributed by atoms with van der Waals surface area (Å²) in [5, 5.41) is 1.24. The van der Waals surface area contributed by atoms with Crippen molar-refractivity contribution < 1.29 is 22.0 Å². The Labute approximate surface area is 212 Å². The third-order valence-electron chi connectivity index (χ3n) is 6.35. The van der Waals surface area contributed by atoms with E-state index in [0.717, 1.165) is 53.7 Å². The fourth-order valence-corrected chi connectivity index (χ4v) is 4.27. The molecule has 192 valence electrons. The quantitative estimate of drug-likeness (QED) is 0.168. The van der Waals surface area contributed by atoms with Gasteiger partial charge in [-0.25, -0.2) is 18.7 Å². The normalized spacial score (nSPS) is 12.1. The van der Waals surface area contributed by atoms with Crippen molar-refractivity contribution in [2.24, 2.45) is 0 Å². The number of hydrogen-bond acceptors (Lipinski definition) is 2. The Kier molecular flexibility index (Phi) is 8.31. The standard InChI is InChI=1S/C30H27F5N2/c1-2-3-4-5-22-18-36-28(37-19-22)15-9-20-7-13-25-24(16-20)12-11-23(29(25)32)10-6-21-8-14-26(27(31)17-21)30(33,34)35/h2-3,7-8,11-14,16-19H,4-6,9-10,15H2,1H3/b3-2+. The maximum Gasteiger partial charge on any atom is 0.419 e. The minimum Gasteiger partial charge on any atom is -0.241 e. The lowest BCUT2D eigenvalue weighted by Gasteiger charge is -2.11. The summed E-state index contributed by atoms with van der Waals surface area (Å²) in [4.78, 5) is 8.91. The maximum absolute atomic E-state index is 15.2. The molecule has 0 atom stereocenters. The minimum absolute atomic E-state index is 0.226. The van der Waals surface area contributed by atoms with Crippen LogP contribution < -0.4 is 0 Å². The van der Waals surface area contributed by atoms with E-state index < -0.39 is 17.6 Å². The molecule has 0 N–H and O–H groups in total. The molecular formula is C30H27F5N2. The van der Waals surface area contributed by atoms with E-state index in [1.165, 1.54) is 6.07 Å². The molecule has 4 rings (SSSR count). The molecule has 0 aliphatic rings. The summed E-state index contributed by atoms with van der Waals surface area (Å²) >= 11 is 0. The number of rotatable bonds is 9. The molecule has 1 heterocycles. The lowest BCUT2D eigenvalue weighted by molar-refractivity contribution is -0.140. The highest BCUT2D eigenvalue weighted by atomic mass is 19.4. The van der Waals surface area contributed by atoms with Gasteiger partial charge in [-0.2, -0.15) is 13.2 Å². The van der Waals surface area contributed by atoms with Crippen molar-refractivity contribution in [3.05, 3.63) is 118 Å². The molecule has 37 heavy (non-hydrogen) atoms. The van der Waals surface area contributed by atoms with Crippen LogP contribution >= 0.6 is 0 Å². The van der Waals surface area contributed by atoms with Crippen LogP contribution in [0, 0.1) is 11.6 Å². The average molecular weight is 511 g/mol. The monoisotopic (exact) mass is 510 g/mol. The first-order valence-corrected chi connectivity index (χ1v) is 12.2. The van der Waals surface area contributed by atoms with Crippen molar-refractivity contribution in [1.29, 1.82) is 0 Å². The zero-order valence-electron chi connectivity index (χ0n) is 20.5. The Morgan fingerprint density at radius 2 is 1.46 bits per heavy atom. The fraction of sp³-hybridized carbons (Fsp3) is 0.267. The van der Waals surface area contributed by atoms with Gasteiger partial charge in [0.15, 0.2) is 0 Å². The predicted molar refractivity (Wildman–Crippen MR) is 135 cm³/mol. The first-order chi connectivity index (χ1) is 17.7. The molecule has 3 aromatic carbocycles. The Morgan fingerprint density at radius 1 is 0.757 bits per heavy atom. The van der Waals surface area contributed by atoms with Crippen molar-refractivity contribution in [2.45, 2.75) is 51.6 Å². The molecule has 4 aromatic rings. The first-order valence-electron chi connectivity index (χ1n) is 12.2. The third-order valence-corrected chi connectivity index (χ3v) is 6.35. The van der Waals surface area contributed by atoms with Gasteiger partial charge in [0.05, 0.1) is 5.56 Å². The van der Waals surface area contributed by atoms with Crippen LogP contribution in [-0.4, -0.2) is 9.97 Å². The van der Waals surface area contributed by atoms with Crippen LogP contribution in [0.5, 0.6) is 0 Å². The Balaban J connectivity index is 1.39. The second-order valence-electron chi connectivity index (χ2n) is 9.02. The molecule has 0 saturated heterocycles. The molecule has 0 radical (unpaired) electrons. The van der Waals surface area contributed by atoms with Crippen LogP contribution in [-0.2, 0) is 38.3 Å². The fourth-order valence-electron chi connectivity index (χ4n) is 4.27.